The van der Waals surface area contributed by atoms with Crippen LogP contribution in [0.5, 0.6) is 5.75 Å². The molecule has 1 aliphatic heterocycles. The van der Waals surface area contributed by atoms with Crippen molar-refractivity contribution < 1.29 is 9.53 Å². The quantitative estimate of drug-likeness (QED) is 0.576. The van der Waals surface area contributed by atoms with Gasteiger partial charge in [0.1, 0.15) is 5.75 Å². The average Bonchev–Trinajstić information content (AvgIpc) is 2.71. The van der Waals surface area contributed by atoms with Gasteiger partial charge in [0.25, 0.3) is 0 Å². The first-order chi connectivity index (χ1) is 14.0. The molecule has 0 amide bonds. The molecule has 0 spiro atoms. The minimum Gasteiger partial charge on any atom is -0.496 e. The van der Waals surface area contributed by atoms with Crippen molar-refractivity contribution in [1.29, 1.82) is 0 Å². The number of anilines is 1. The summed E-state index contributed by atoms with van der Waals surface area (Å²) in [6.45, 7) is 4.39. The van der Waals surface area contributed by atoms with Gasteiger partial charge in [0, 0.05) is 28.8 Å². The maximum atomic E-state index is 13.4. The molecule has 1 aliphatic carbocycles. The maximum Gasteiger partial charge on any atom is 0.162 e. The summed E-state index contributed by atoms with van der Waals surface area (Å²) in [5.74, 6) is 1.04. The Labute approximate surface area is 171 Å². The highest BCUT2D eigenvalue weighted by Gasteiger charge is 2.41. The van der Waals surface area contributed by atoms with E-state index in [1.54, 1.807) is 7.11 Å². The van der Waals surface area contributed by atoms with Crippen LogP contribution < -0.4 is 10.1 Å². The summed E-state index contributed by atoms with van der Waals surface area (Å²) in [6.07, 6.45) is 1.46. The number of fused-ring (bicyclic) bond motifs is 4. The summed E-state index contributed by atoms with van der Waals surface area (Å²) in [5.41, 5.74) is 5.32. The summed E-state index contributed by atoms with van der Waals surface area (Å²) in [7, 11) is 1.68. The number of para-hydroxylation sites is 1. The first kappa shape index (κ1) is 18.0. The topological polar surface area (TPSA) is 38.3 Å². The van der Waals surface area contributed by atoms with E-state index >= 15 is 0 Å². The lowest BCUT2D eigenvalue weighted by molar-refractivity contribution is -0.118. The molecule has 3 aromatic carbocycles. The lowest BCUT2D eigenvalue weighted by atomic mass is 9.68. The van der Waals surface area contributed by atoms with Gasteiger partial charge in [-0.3, -0.25) is 4.79 Å². The molecular formula is C26H25NO2. The van der Waals surface area contributed by atoms with E-state index in [0.29, 0.717) is 6.42 Å². The van der Waals surface area contributed by atoms with Crippen LogP contribution in [0.15, 0.2) is 66.2 Å². The van der Waals surface area contributed by atoms with Crippen molar-refractivity contribution in [3.63, 3.8) is 0 Å². The Bertz CT molecular complexity index is 1170. The third-order valence-electron chi connectivity index (χ3n) is 6.19. The molecule has 1 atom stereocenters. The van der Waals surface area contributed by atoms with Gasteiger partial charge < -0.3 is 10.1 Å². The van der Waals surface area contributed by atoms with Crippen molar-refractivity contribution in [2.75, 3.05) is 12.4 Å². The van der Waals surface area contributed by atoms with Gasteiger partial charge in [-0.25, -0.2) is 0 Å². The van der Waals surface area contributed by atoms with Gasteiger partial charge in [-0.15, -0.1) is 0 Å². The monoisotopic (exact) mass is 383 g/mol. The van der Waals surface area contributed by atoms with Gasteiger partial charge in [0.2, 0.25) is 0 Å². The number of ether oxygens (including phenoxy) is 1. The zero-order chi connectivity index (χ0) is 20.2. The van der Waals surface area contributed by atoms with Gasteiger partial charge in [-0.1, -0.05) is 62.4 Å². The molecule has 29 heavy (non-hydrogen) atoms. The second-order valence-corrected chi connectivity index (χ2v) is 8.86. The average molecular weight is 383 g/mol. The second kappa shape index (κ2) is 6.48. The first-order valence-electron chi connectivity index (χ1n) is 10.2. The lowest BCUT2D eigenvalue weighted by Gasteiger charge is -2.40. The van der Waals surface area contributed by atoms with Crippen LogP contribution in [0, 0.1) is 5.41 Å². The van der Waals surface area contributed by atoms with Crippen molar-refractivity contribution in [1.82, 2.24) is 0 Å². The molecular weight excluding hydrogens is 358 g/mol. The number of carbonyl (C=O) groups excluding carboxylic acids is 1. The molecule has 3 heteroatoms. The van der Waals surface area contributed by atoms with E-state index in [1.807, 2.05) is 18.2 Å². The second-order valence-electron chi connectivity index (χ2n) is 8.86. The Balaban J connectivity index is 1.82. The molecule has 0 saturated carbocycles. The zero-order valence-electron chi connectivity index (χ0n) is 17.1. The Morgan fingerprint density at radius 2 is 1.72 bits per heavy atom. The Kier molecular flexibility index (Phi) is 4.02. The van der Waals surface area contributed by atoms with Crippen molar-refractivity contribution in [2.24, 2.45) is 5.41 Å². The number of methoxy groups -OCH3 is 1. The lowest BCUT2D eigenvalue weighted by Crippen LogP contribution is -2.33. The van der Waals surface area contributed by atoms with Crippen LogP contribution in [0.4, 0.5) is 5.69 Å². The third kappa shape index (κ3) is 2.84. The van der Waals surface area contributed by atoms with Crippen LogP contribution in [0.25, 0.3) is 16.3 Å². The van der Waals surface area contributed by atoms with Crippen molar-refractivity contribution >= 4 is 27.8 Å². The van der Waals surface area contributed by atoms with Gasteiger partial charge in [0.05, 0.1) is 13.2 Å². The largest absolute Gasteiger partial charge is 0.496 e. The van der Waals surface area contributed by atoms with E-state index < -0.39 is 0 Å². The van der Waals surface area contributed by atoms with E-state index in [2.05, 4.69) is 61.6 Å². The number of hydrogen-bond acceptors (Lipinski definition) is 3. The number of carbonyl (C=O) groups is 1. The van der Waals surface area contributed by atoms with E-state index in [1.165, 1.54) is 21.9 Å². The smallest absolute Gasteiger partial charge is 0.162 e. The summed E-state index contributed by atoms with van der Waals surface area (Å²) in [6, 6.07) is 20.5. The molecule has 146 valence electrons. The number of ketones is 1. The molecule has 0 saturated heterocycles. The van der Waals surface area contributed by atoms with Gasteiger partial charge >= 0.3 is 0 Å². The van der Waals surface area contributed by atoms with Crippen molar-refractivity contribution in [3.05, 3.63) is 77.4 Å². The minimum atomic E-state index is -0.196. The molecule has 1 N–H and O–H groups in total. The summed E-state index contributed by atoms with van der Waals surface area (Å²) in [5, 5.41) is 6.08. The fourth-order valence-electron chi connectivity index (χ4n) is 4.98. The number of nitrogens with one attached hydrogen (secondary N) is 1. The molecule has 2 aliphatic rings. The highest BCUT2D eigenvalue weighted by Crippen LogP contribution is 2.52. The van der Waals surface area contributed by atoms with Gasteiger partial charge in [0.15, 0.2) is 5.78 Å². The molecule has 5 rings (SSSR count). The number of rotatable bonds is 2. The summed E-state index contributed by atoms with van der Waals surface area (Å²) >= 11 is 0. The van der Waals surface area contributed by atoms with Crippen LogP contribution in [-0.4, -0.2) is 12.9 Å². The van der Waals surface area contributed by atoms with E-state index in [0.717, 1.165) is 29.0 Å². The highest BCUT2D eigenvalue weighted by atomic mass is 16.5. The Morgan fingerprint density at radius 1 is 0.966 bits per heavy atom. The van der Waals surface area contributed by atoms with E-state index in [-0.39, 0.29) is 17.2 Å². The number of Topliss-reactive ketones (excluding diaryl/α,β-unsaturated/α-hetero) is 1. The molecule has 3 nitrogen and oxygen atoms in total. The van der Waals surface area contributed by atoms with E-state index in [9.17, 15) is 4.79 Å². The highest BCUT2D eigenvalue weighted by molar-refractivity contribution is 6.13. The van der Waals surface area contributed by atoms with Crippen LogP contribution in [0.1, 0.15) is 43.9 Å². The predicted octanol–water partition coefficient (Wildman–Crippen LogP) is 6.16. The zero-order valence-corrected chi connectivity index (χ0v) is 17.1. The SMILES string of the molecule is COc1ccccc1[C@@H]1Nc2ccc3ccccc3c2C2=C1C(=O)CC(C)(C)C2. The van der Waals surface area contributed by atoms with Crippen LogP contribution in [0.3, 0.4) is 0 Å². The van der Waals surface area contributed by atoms with Crippen LogP contribution >= 0.6 is 0 Å². The minimum absolute atomic E-state index is 0.0488. The fraction of sp³-hybridized carbons (Fsp3) is 0.269. The van der Waals surface area contributed by atoms with E-state index in [4.69, 9.17) is 4.74 Å². The van der Waals surface area contributed by atoms with Crippen molar-refractivity contribution in [3.8, 4) is 5.75 Å². The normalized spacial score (nSPS) is 20.1. The fourth-order valence-corrected chi connectivity index (χ4v) is 4.98. The maximum absolute atomic E-state index is 13.4. The van der Waals surface area contributed by atoms with Crippen LogP contribution in [0.2, 0.25) is 0 Å². The predicted molar refractivity (Wildman–Crippen MR) is 118 cm³/mol. The number of allylic oxidation sites excluding steroid dienone is 1. The number of benzene rings is 3. The Hall–Kier alpha value is -3.07. The standard InChI is InChI=1S/C26H25NO2/c1-26(2)14-19-23-17-9-5-4-8-16(17)12-13-20(23)27-25(24(19)21(28)15-26)18-10-6-7-11-22(18)29-3/h4-13,25,27H,14-15H2,1-3H3/t25-/m0/s1. The van der Waals surface area contributed by atoms with Gasteiger partial charge in [-0.2, -0.15) is 0 Å². The van der Waals surface area contributed by atoms with Gasteiger partial charge in [-0.05, 0) is 40.3 Å². The Morgan fingerprint density at radius 3 is 2.55 bits per heavy atom. The summed E-state index contributed by atoms with van der Waals surface area (Å²) in [4.78, 5) is 13.4. The summed E-state index contributed by atoms with van der Waals surface area (Å²) < 4.78 is 5.64. The molecule has 0 bridgehead atoms. The first-order valence-corrected chi connectivity index (χ1v) is 10.2. The molecule has 0 radical (unpaired) electrons. The molecule has 0 unspecified atom stereocenters. The van der Waals surface area contributed by atoms with Crippen LogP contribution in [-0.2, 0) is 4.79 Å². The number of hydrogen-bond donors (Lipinski definition) is 1. The third-order valence-corrected chi connectivity index (χ3v) is 6.19. The molecule has 0 aromatic heterocycles. The van der Waals surface area contributed by atoms with Crippen molar-refractivity contribution in [2.45, 2.75) is 32.7 Å². The molecule has 0 fully saturated rings. The molecule has 1 heterocycles. The molecule has 3 aromatic rings.